The van der Waals surface area contributed by atoms with E-state index in [9.17, 15) is 0 Å². The topological polar surface area (TPSA) is 38.7 Å². The molecule has 3 nitrogen and oxygen atoms in total. The Morgan fingerprint density at radius 3 is 0.917 bits per heavy atom. The summed E-state index contributed by atoms with van der Waals surface area (Å²) < 4.78 is 0. The van der Waals surface area contributed by atoms with E-state index in [-0.39, 0.29) is 0 Å². The fourth-order valence-electron chi connectivity index (χ4n) is 6.10. The average Bonchev–Trinajstić information content (AvgIpc) is 3.19. The summed E-state index contributed by atoms with van der Waals surface area (Å²) in [7, 11) is 0. The van der Waals surface area contributed by atoms with E-state index >= 15 is 0 Å². The van der Waals surface area contributed by atoms with Crippen molar-refractivity contribution >= 4 is 0 Å². The van der Waals surface area contributed by atoms with Crippen LogP contribution in [-0.2, 0) is 0 Å². The second-order valence-corrected chi connectivity index (χ2v) is 11.7. The molecule has 0 spiro atoms. The van der Waals surface area contributed by atoms with E-state index < -0.39 is 0 Å². The molecule has 7 aromatic carbocycles. The highest BCUT2D eigenvalue weighted by atomic mass is 15.0. The summed E-state index contributed by atoms with van der Waals surface area (Å²) in [5.74, 6) is 1.95. The lowest BCUT2D eigenvalue weighted by molar-refractivity contribution is 1.07. The molecule has 0 aliphatic carbocycles. The van der Waals surface area contributed by atoms with Crippen molar-refractivity contribution in [2.75, 3.05) is 0 Å². The first-order valence-corrected chi connectivity index (χ1v) is 16.1. The Hall–Kier alpha value is -6.45. The zero-order valence-corrected chi connectivity index (χ0v) is 26.2. The zero-order chi connectivity index (χ0) is 32.1. The van der Waals surface area contributed by atoms with Crippen LogP contribution < -0.4 is 0 Å². The van der Waals surface area contributed by atoms with Gasteiger partial charge in [-0.15, -0.1) is 0 Å². The van der Waals surface area contributed by atoms with E-state index in [1.54, 1.807) is 0 Å². The molecule has 0 saturated carbocycles. The van der Waals surface area contributed by atoms with Gasteiger partial charge in [0.15, 0.2) is 17.5 Å². The summed E-state index contributed by atoms with van der Waals surface area (Å²) in [6.07, 6.45) is 0. The smallest absolute Gasteiger partial charge is 0.164 e. The van der Waals surface area contributed by atoms with E-state index in [0.29, 0.717) is 17.5 Å². The van der Waals surface area contributed by atoms with Gasteiger partial charge in [0.25, 0.3) is 0 Å². The standard InChI is InChI=1S/C45H31N3/c1-5-15-32(16-6-1)38-29-39(33-17-7-2-8-18-33)31-40(30-38)42-24-14-13-23-41(42)34-25-27-37(28-26-34)45-47-43(35-19-9-3-10-20-35)46-44(48-45)36-21-11-4-12-22-36/h1-31H. The number of rotatable bonds is 7. The Morgan fingerprint density at radius 2 is 0.500 bits per heavy atom. The largest absolute Gasteiger partial charge is 0.208 e. The van der Waals surface area contributed by atoms with Crippen molar-refractivity contribution in [3.8, 4) is 78.7 Å². The molecular weight excluding hydrogens is 583 g/mol. The fraction of sp³-hybridized carbons (Fsp3) is 0. The summed E-state index contributed by atoms with van der Waals surface area (Å²) in [4.78, 5) is 14.7. The number of hydrogen-bond acceptors (Lipinski definition) is 3. The molecule has 0 N–H and O–H groups in total. The minimum atomic E-state index is 0.644. The van der Waals surface area contributed by atoms with Crippen LogP contribution in [0, 0.1) is 0 Å². The third kappa shape index (κ3) is 6.05. The summed E-state index contributed by atoms with van der Waals surface area (Å²) in [6.45, 7) is 0. The predicted molar refractivity (Wildman–Crippen MR) is 198 cm³/mol. The highest BCUT2D eigenvalue weighted by Crippen LogP contribution is 2.38. The van der Waals surface area contributed by atoms with Gasteiger partial charge in [-0.25, -0.2) is 15.0 Å². The molecule has 0 bridgehead atoms. The summed E-state index contributed by atoms with van der Waals surface area (Å²) in [6, 6.07) is 65.4. The third-order valence-electron chi connectivity index (χ3n) is 8.54. The Balaban J connectivity index is 1.21. The van der Waals surface area contributed by atoms with Crippen molar-refractivity contribution in [2.24, 2.45) is 0 Å². The second kappa shape index (κ2) is 13.1. The van der Waals surface area contributed by atoms with Gasteiger partial charge in [0, 0.05) is 16.7 Å². The third-order valence-corrected chi connectivity index (χ3v) is 8.54. The van der Waals surface area contributed by atoms with Gasteiger partial charge < -0.3 is 0 Å². The molecule has 0 amide bonds. The van der Waals surface area contributed by atoms with Gasteiger partial charge in [0.05, 0.1) is 0 Å². The maximum absolute atomic E-state index is 4.92. The number of nitrogens with zero attached hydrogens (tertiary/aromatic N) is 3. The first-order chi connectivity index (χ1) is 23.8. The van der Waals surface area contributed by atoms with Crippen LogP contribution in [-0.4, -0.2) is 15.0 Å². The molecule has 0 aliphatic rings. The van der Waals surface area contributed by atoms with Gasteiger partial charge in [-0.3, -0.25) is 0 Å². The van der Waals surface area contributed by atoms with E-state index in [4.69, 9.17) is 15.0 Å². The molecule has 8 rings (SSSR count). The van der Waals surface area contributed by atoms with Crippen LogP contribution in [0.4, 0.5) is 0 Å². The van der Waals surface area contributed by atoms with Gasteiger partial charge in [0.2, 0.25) is 0 Å². The molecule has 3 heteroatoms. The Bertz CT molecular complexity index is 2180. The SMILES string of the molecule is c1ccc(-c2cc(-c3ccccc3)cc(-c3ccccc3-c3ccc(-c4nc(-c5ccccc5)nc(-c5ccccc5)n4)cc3)c2)cc1. The zero-order valence-electron chi connectivity index (χ0n) is 26.2. The molecule has 0 aliphatic heterocycles. The molecule has 0 atom stereocenters. The molecule has 1 aromatic heterocycles. The first-order valence-electron chi connectivity index (χ1n) is 16.1. The Labute approximate surface area is 280 Å². The summed E-state index contributed by atoms with van der Waals surface area (Å²) in [5, 5.41) is 0. The first kappa shape index (κ1) is 29.0. The minimum Gasteiger partial charge on any atom is -0.208 e. The monoisotopic (exact) mass is 613 g/mol. The molecule has 8 aromatic rings. The van der Waals surface area contributed by atoms with Gasteiger partial charge in [-0.05, 0) is 62.7 Å². The number of hydrogen-bond donors (Lipinski definition) is 0. The lowest BCUT2D eigenvalue weighted by atomic mass is 9.89. The molecule has 0 saturated heterocycles. The summed E-state index contributed by atoms with van der Waals surface area (Å²) >= 11 is 0. The van der Waals surface area contributed by atoms with E-state index in [2.05, 4.69) is 127 Å². The lowest BCUT2D eigenvalue weighted by Gasteiger charge is -2.15. The van der Waals surface area contributed by atoms with Crippen molar-refractivity contribution in [3.63, 3.8) is 0 Å². The molecule has 0 fully saturated rings. The quantitative estimate of drug-likeness (QED) is 0.179. The van der Waals surface area contributed by atoms with Gasteiger partial charge >= 0.3 is 0 Å². The van der Waals surface area contributed by atoms with Crippen molar-refractivity contribution in [1.82, 2.24) is 15.0 Å². The van der Waals surface area contributed by atoms with Crippen molar-refractivity contribution in [3.05, 3.63) is 188 Å². The Kier molecular flexibility index (Phi) is 7.92. The predicted octanol–water partition coefficient (Wildman–Crippen LogP) is 11.5. The maximum atomic E-state index is 4.92. The van der Waals surface area contributed by atoms with Crippen LogP contribution in [0.15, 0.2) is 188 Å². The fourth-order valence-corrected chi connectivity index (χ4v) is 6.10. The highest BCUT2D eigenvalue weighted by Gasteiger charge is 2.14. The lowest BCUT2D eigenvalue weighted by Crippen LogP contribution is -2.00. The van der Waals surface area contributed by atoms with Crippen molar-refractivity contribution in [2.45, 2.75) is 0 Å². The van der Waals surface area contributed by atoms with Gasteiger partial charge in [0.1, 0.15) is 0 Å². The van der Waals surface area contributed by atoms with Crippen LogP contribution >= 0.6 is 0 Å². The van der Waals surface area contributed by atoms with Crippen LogP contribution in [0.2, 0.25) is 0 Å². The van der Waals surface area contributed by atoms with Crippen LogP contribution in [0.1, 0.15) is 0 Å². The van der Waals surface area contributed by atoms with E-state index in [1.165, 1.54) is 38.9 Å². The van der Waals surface area contributed by atoms with Crippen LogP contribution in [0.5, 0.6) is 0 Å². The highest BCUT2D eigenvalue weighted by molar-refractivity contribution is 5.89. The molecular formula is C45H31N3. The van der Waals surface area contributed by atoms with Crippen molar-refractivity contribution in [1.29, 1.82) is 0 Å². The normalized spacial score (nSPS) is 10.9. The second-order valence-electron chi connectivity index (χ2n) is 11.7. The average molecular weight is 614 g/mol. The molecule has 0 unspecified atom stereocenters. The van der Waals surface area contributed by atoms with Crippen LogP contribution in [0.25, 0.3) is 78.7 Å². The maximum Gasteiger partial charge on any atom is 0.164 e. The molecule has 48 heavy (non-hydrogen) atoms. The van der Waals surface area contributed by atoms with Crippen molar-refractivity contribution < 1.29 is 0 Å². The molecule has 1 heterocycles. The van der Waals surface area contributed by atoms with E-state index in [0.717, 1.165) is 22.3 Å². The van der Waals surface area contributed by atoms with Gasteiger partial charge in [-0.2, -0.15) is 0 Å². The molecule has 0 radical (unpaired) electrons. The minimum absolute atomic E-state index is 0.644. The molecule has 226 valence electrons. The van der Waals surface area contributed by atoms with Gasteiger partial charge in [-0.1, -0.05) is 170 Å². The number of benzene rings is 7. The Morgan fingerprint density at radius 1 is 0.208 bits per heavy atom. The number of aromatic nitrogens is 3. The summed E-state index contributed by atoms with van der Waals surface area (Å²) in [5.41, 5.74) is 12.3. The van der Waals surface area contributed by atoms with E-state index in [1.807, 2.05) is 60.7 Å². The van der Waals surface area contributed by atoms with Crippen LogP contribution in [0.3, 0.4) is 0 Å².